The van der Waals surface area contributed by atoms with E-state index in [1.807, 2.05) is 45.2 Å². The molecule has 0 fully saturated rings. The third-order valence-corrected chi connectivity index (χ3v) is 2.71. The van der Waals surface area contributed by atoms with Gasteiger partial charge in [-0.3, -0.25) is 4.68 Å². The molecular formula is C14H20N4O. The molecule has 1 aromatic heterocycles. The maximum Gasteiger partial charge on any atom is 0.181 e. The molecule has 0 radical (unpaired) electrons. The van der Waals surface area contributed by atoms with Crippen molar-refractivity contribution in [3.05, 3.63) is 30.1 Å². The number of hydrogen-bond donors (Lipinski definition) is 1. The number of benzene rings is 1. The first-order valence-corrected chi connectivity index (χ1v) is 6.47. The predicted molar refractivity (Wildman–Crippen MR) is 75.0 cm³/mol. The Morgan fingerprint density at radius 1 is 1.26 bits per heavy atom. The van der Waals surface area contributed by atoms with E-state index in [0.29, 0.717) is 6.54 Å². The highest BCUT2D eigenvalue weighted by Crippen LogP contribution is 2.20. The minimum Gasteiger partial charge on any atom is -0.491 e. The van der Waals surface area contributed by atoms with Crippen LogP contribution < -0.4 is 10.5 Å². The van der Waals surface area contributed by atoms with E-state index in [1.165, 1.54) is 0 Å². The van der Waals surface area contributed by atoms with E-state index in [1.54, 1.807) is 4.68 Å². The minimum atomic E-state index is 0.176. The lowest BCUT2D eigenvalue weighted by Crippen LogP contribution is -2.08. The minimum absolute atomic E-state index is 0.176. The second-order valence-electron chi connectivity index (χ2n) is 4.70. The van der Waals surface area contributed by atoms with Crippen molar-refractivity contribution in [2.75, 3.05) is 6.54 Å². The van der Waals surface area contributed by atoms with Gasteiger partial charge in [0, 0.05) is 19.0 Å². The highest BCUT2D eigenvalue weighted by molar-refractivity contribution is 5.55. The molecule has 0 bridgehead atoms. The van der Waals surface area contributed by atoms with Crippen molar-refractivity contribution >= 4 is 0 Å². The second kappa shape index (κ2) is 5.84. The summed E-state index contributed by atoms with van der Waals surface area (Å²) in [4.78, 5) is 4.49. The third-order valence-electron chi connectivity index (χ3n) is 2.71. The molecule has 2 rings (SSSR count). The average molecular weight is 260 g/mol. The molecule has 2 N–H and O–H groups in total. The fraction of sp³-hybridized carbons (Fsp3) is 0.429. The monoisotopic (exact) mass is 260 g/mol. The number of nitrogens with two attached hydrogens (primary N) is 1. The lowest BCUT2D eigenvalue weighted by Gasteiger charge is -2.09. The molecule has 2 aromatic rings. The zero-order chi connectivity index (χ0) is 13.8. The van der Waals surface area contributed by atoms with E-state index >= 15 is 0 Å². The van der Waals surface area contributed by atoms with Crippen LogP contribution in [0.5, 0.6) is 5.75 Å². The molecule has 0 spiro atoms. The summed E-state index contributed by atoms with van der Waals surface area (Å²) in [6.45, 7) is 4.59. The fourth-order valence-corrected chi connectivity index (χ4v) is 1.84. The molecule has 0 atom stereocenters. The average Bonchev–Trinajstić information content (AvgIpc) is 2.72. The standard InChI is InChI=1S/C14H20N4O/c1-10(2)19-12-6-4-11(5-7-12)14-16-13(8-9-15)18(3)17-14/h4-7,10H,8-9,15H2,1-3H3. The van der Waals surface area contributed by atoms with E-state index in [-0.39, 0.29) is 6.10 Å². The number of rotatable bonds is 5. The predicted octanol–water partition coefficient (Wildman–Crippen LogP) is 1.77. The van der Waals surface area contributed by atoms with Gasteiger partial charge in [-0.25, -0.2) is 4.98 Å². The molecule has 0 aliphatic heterocycles. The molecule has 5 heteroatoms. The highest BCUT2D eigenvalue weighted by Gasteiger charge is 2.08. The van der Waals surface area contributed by atoms with E-state index in [4.69, 9.17) is 10.5 Å². The van der Waals surface area contributed by atoms with E-state index in [2.05, 4.69) is 10.1 Å². The molecule has 19 heavy (non-hydrogen) atoms. The maximum atomic E-state index is 5.61. The van der Waals surface area contributed by atoms with Gasteiger partial charge in [0.05, 0.1) is 6.10 Å². The number of aryl methyl sites for hydroxylation is 1. The molecule has 5 nitrogen and oxygen atoms in total. The van der Waals surface area contributed by atoms with Crippen molar-refractivity contribution in [1.29, 1.82) is 0 Å². The van der Waals surface area contributed by atoms with Crippen LogP contribution in [0.25, 0.3) is 11.4 Å². The summed E-state index contributed by atoms with van der Waals surface area (Å²) in [5.74, 6) is 2.49. The Morgan fingerprint density at radius 2 is 1.95 bits per heavy atom. The van der Waals surface area contributed by atoms with Gasteiger partial charge in [-0.2, -0.15) is 5.10 Å². The Kier molecular flexibility index (Phi) is 4.16. The van der Waals surface area contributed by atoms with E-state index in [0.717, 1.165) is 29.4 Å². The molecule has 102 valence electrons. The van der Waals surface area contributed by atoms with Crippen LogP contribution >= 0.6 is 0 Å². The van der Waals surface area contributed by atoms with Crippen LogP contribution in [-0.4, -0.2) is 27.4 Å². The highest BCUT2D eigenvalue weighted by atomic mass is 16.5. The van der Waals surface area contributed by atoms with Crippen molar-refractivity contribution in [2.24, 2.45) is 12.8 Å². The Morgan fingerprint density at radius 3 is 2.53 bits per heavy atom. The lowest BCUT2D eigenvalue weighted by atomic mass is 10.2. The number of aromatic nitrogens is 3. The van der Waals surface area contributed by atoms with E-state index < -0.39 is 0 Å². The second-order valence-corrected chi connectivity index (χ2v) is 4.70. The number of ether oxygens (including phenoxy) is 1. The summed E-state index contributed by atoms with van der Waals surface area (Å²) in [5.41, 5.74) is 6.53. The summed E-state index contributed by atoms with van der Waals surface area (Å²) >= 11 is 0. The number of nitrogens with zero attached hydrogens (tertiary/aromatic N) is 3. The Hall–Kier alpha value is -1.88. The van der Waals surface area contributed by atoms with Crippen molar-refractivity contribution in [1.82, 2.24) is 14.8 Å². The first kappa shape index (κ1) is 13.5. The van der Waals surface area contributed by atoms with Gasteiger partial charge in [-0.15, -0.1) is 0 Å². The van der Waals surface area contributed by atoms with E-state index in [9.17, 15) is 0 Å². The molecule has 1 aromatic carbocycles. The van der Waals surface area contributed by atoms with Gasteiger partial charge >= 0.3 is 0 Å². The summed E-state index contributed by atoms with van der Waals surface area (Å²) in [6, 6.07) is 7.82. The van der Waals surface area contributed by atoms with Crippen LogP contribution in [0.15, 0.2) is 24.3 Å². The lowest BCUT2D eigenvalue weighted by molar-refractivity contribution is 0.242. The Bertz CT molecular complexity index is 531. The molecule has 0 saturated carbocycles. The first-order valence-electron chi connectivity index (χ1n) is 6.47. The Balaban J connectivity index is 2.19. The zero-order valence-corrected chi connectivity index (χ0v) is 11.6. The molecular weight excluding hydrogens is 240 g/mol. The molecule has 0 unspecified atom stereocenters. The van der Waals surface area contributed by atoms with Crippen molar-refractivity contribution in [2.45, 2.75) is 26.4 Å². The topological polar surface area (TPSA) is 66.0 Å². The van der Waals surface area contributed by atoms with Gasteiger partial charge in [0.1, 0.15) is 11.6 Å². The van der Waals surface area contributed by atoms with Gasteiger partial charge in [0.2, 0.25) is 0 Å². The normalized spacial score (nSPS) is 11.0. The van der Waals surface area contributed by atoms with Gasteiger partial charge < -0.3 is 10.5 Å². The van der Waals surface area contributed by atoms with Crippen LogP contribution in [0, 0.1) is 0 Å². The first-order chi connectivity index (χ1) is 9.10. The summed E-state index contributed by atoms with van der Waals surface area (Å²) in [7, 11) is 1.89. The van der Waals surface area contributed by atoms with Crippen molar-refractivity contribution in [3.63, 3.8) is 0 Å². The van der Waals surface area contributed by atoms with Crippen LogP contribution in [0.1, 0.15) is 19.7 Å². The van der Waals surface area contributed by atoms with Gasteiger partial charge in [-0.05, 0) is 44.7 Å². The molecule has 0 saturated heterocycles. The SMILES string of the molecule is CC(C)Oc1ccc(-c2nc(CCN)n(C)n2)cc1. The molecule has 0 amide bonds. The van der Waals surface area contributed by atoms with Gasteiger partial charge in [0.25, 0.3) is 0 Å². The summed E-state index contributed by atoms with van der Waals surface area (Å²) in [6.07, 6.45) is 0.910. The van der Waals surface area contributed by atoms with Crippen molar-refractivity contribution < 1.29 is 4.74 Å². The Labute approximate surface area is 113 Å². The van der Waals surface area contributed by atoms with Gasteiger partial charge in [-0.1, -0.05) is 0 Å². The third kappa shape index (κ3) is 3.32. The largest absolute Gasteiger partial charge is 0.491 e. The van der Waals surface area contributed by atoms with Crippen molar-refractivity contribution in [3.8, 4) is 17.1 Å². The molecule has 0 aliphatic carbocycles. The molecule has 0 aliphatic rings. The van der Waals surface area contributed by atoms with Crippen LogP contribution in [0.3, 0.4) is 0 Å². The van der Waals surface area contributed by atoms with Crippen LogP contribution in [-0.2, 0) is 13.5 Å². The fourth-order valence-electron chi connectivity index (χ4n) is 1.84. The van der Waals surface area contributed by atoms with Crippen LogP contribution in [0.4, 0.5) is 0 Å². The summed E-state index contributed by atoms with van der Waals surface area (Å²) < 4.78 is 7.39. The van der Waals surface area contributed by atoms with Gasteiger partial charge in [0.15, 0.2) is 5.82 Å². The van der Waals surface area contributed by atoms with Crippen LogP contribution in [0.2, 0.25) is 0 Å². The smallest absolute Gasteiger partial charge is 0.181 e. The summed E-state index contributed by atoms with van der Waals surface area (Å²) in [5, 5.41) is 4.40. The molecule has 1 heterocycles. The maximum absolute atomic E-state index is 5.61. The number of hydrogen-bond acceptors (Lipinski definition) is 4. The zero-order valence-electron chi connectivity index (χ0n) is 11.6. The quantitative estimate of drug-likeness (QED) is 0.889.